The summed E-state index contributed by atoms with van der Waals surface area (Å²) in [5.74, 6) is -0.328. The number of benzene rings is 2. The van der Waals surface area contributed by atoms with Crippen LogP contribution in [0, 0.1) is 10.1 Å². The molecule has 22 heavy (non-hydrogen) atoms. The van der Waals surface area contributed by atoms with Gasteiger partial charge in [0.2, 0.25) is 0 Å². The van der Waals surface area contributed by atoms with Crippen LogP contribution in [-0.4, -0.2) is 18.0 Å². The number of carbonyl (C=O) groups is 1. The maximum Gasteiger partial charge on any atom is 0.345 e. The largest absolute Gasteiger partial charge is 0.465 e. The third kappa shape index (κ3) is 3.47. The van der Waals surface area contributed by atoms with E-state index in [1.807, 2.05) is 0 Å². The molecule has 0 aliphatic rings. The molecule has 0 aromatic heterocycles. The first kappa shape index (κ1) is 16.1. The van der Waals surface area contributed by atoms with Crippen LogP contribution in [0.15, 0.2) is 36.4 Å². The molecule has 0 bridgehead atoms. The van der Waals surface area contributed by atoms with Crippen molar-refractivity contribution in [1.29, 1.82) is 0 Å². The molecule has 2 aromatic rings. The lowest BCUT2D eigenvalue weighted by molar-refractivity contribution is -0.385. The summed E-state index contributed by atoms with van der Waals surface area (Å²) < 4.78 is 10.0. The molecule has 6 nitrogen and oxygen atoms in total. The highest BCUT2D eigenvalue weighted by Crippen LogP contribution is 2.33. The standard InChI is InChI=1S/C14H9Cl2NO5/c1-21-14(18)10-7-9(3-4-12(10)17(19)20)22-13-5-2-8(15)6-11(13)16/h2-7H,1H3/i3+2,4+2,7+2,9+2,10+2,12+2. The van der Waals surface area contributed by atoms with Gasteiger partial charge >= 0.3 is 5.97 Å². The fourth-order valence-corrected chi connectivity index (χ4v) is 2.14. The van der Waals surface area contributed by atoms with Gasteiger partial charge in [-0.05, 0) is 24.3 Å². The average molecular weight is 354 g/mol. The second-order valence-electron chi connectivity index (χ2n) is 4.10. The average Bonchev–Trinajstić information content (AvgIpc) is 2.49. The van der Waals surface area contributed by atoms with Crippen LogP contribution in [0.4, 0.5) is 5.69 Å². The summed E-state index contributed by atoms with van der Waals surface area (Å²) >= 11 is 11.8. The van der Waals surface area contributed by atoms with E-state index >= 15 is 0 Å². The van der Waals surface area contributed by atoms with Crippen molar-refractivity contribution in [2.24, 2.45) is 0 Å². The minimum atomic E-state index is -0.834. The quantitative estimate of drug-likeness (QED) is 0.460. The fraction of sp³-hybridized carbons (Fsp3) is 0.0714. The Morgan fingerprint density at radius 1 is 1.36 bits per heavy atom. The summed E-state index contributed by atoms with van der Waals surface area (Å²) in [4.78, 5) is 21.9. The number of nitrogens with zero attached hydrogens (tertiary/aromatic N) is 1. The third-order valence-corrected chi connectivity index (χ3v) is 3.22. The summed E-state index contributed by atoms with van der Waals surface area (Å²) in [5.41, 5.74) is -0.587. The predicted octanol–water partition coefficient (Wildman–Crippen LogP) is 4.48. The summed E-state index contributed by atoms with van der Waals surface area (Å²) in [6, 6.07) is 8.35. The molecule has 0 atom stereocenters. The van der Waals surface area contributed by atoms with E-state index in [0.29, 0.717) is 10.8 Å². The normalized spacial score (nSPS) is 10.1. The highest BCUT2D eigenvalue weighted by molar-refractivity contribution is 6.35. The van der Waals surface area contributed by atoms with Gasteiger partial charge in [0, 0.05) is 17.2 Å². The first-order valence-electron chi connectivity index (χ1n) is 5.92. The molecule has 0 N–H and O–H groups in total. The van der Waals surface area contributed by atoms with Crippen molar-refractivity contribution in [3.8, 4) is 11.5 Å². The lowest BCUT2D eigenvalue weighted by atomic mass is 10.3. The molecule has 8 heteroatoms. The van der Waals surface area contributed by atoms with Gasteiger partial charge in [-0.1, -0.05) is 23.2 Å². The molecule has 0 fully saturated rings. The Morgan fingerprint density at radius 3 is 2.68 bits per heavy atom. The minimum Gasteiger partial charge on any atom is -0.465 e. The summed E-state index contributed by atoms with van der Waals surface area (Å²) in [6.45, 7) is 0. The van der Waals surface area contributed by atoms with E-state index in [2.05, 4.69) is 4.74 Å². The van der Waals surface area contributed by atoms with Crippen LogP contribution in [0.5, 0.6) is 11.5 Å². The number of nitro benzene ring substituents is 1. The number of methoxy groups -OCH3 is 1. The first-order valence-corrected chi connectivity index (χ1v) is 6.67. The zero-order valence-electron chi connectivity index (χ0n) is 11.2. The Kier molecular flexibility index (Phi) is 4.85. The van der Waals surface area contributed by atoms with Crippen LogP contribution in [-0.2, 0) is 4.74 Å². The molecular weight excluding hydrogens is 345 g/mol. The number of carbonyl (C=O) groups excluding carboxylic acids is 1. The Bertz CT molecular complexity index is 748. The molecule has 0 aliphatic carbocycles. The lowest BCUT2D eigenvalue weighted by Crippen LogP contribution is -2.05. The maximum absolute atomic E-state index is 11.6. The van der Waals surface area contributed by atoms with Crippen LogP contribution in [0.2, 0.25) is 10.0 Å². The number of hydrogen-bond donors (Lipinski definition) is 0. The van der Waals surface area contributed by atoms with Crippen molar-refractivity contribution in [2.75, 3.05) is 7.11 Å². The van der Waals surface area contributed by atoms with Crippen molar-refractivity contribution >= 4 is 34.9 Å². The van der Waals surface area contributed by atoms with E-state index < -0.39 is 10.9 Å². The molecule has 0 radical (unpaired) electrons. The highest BCUT2D eigenvalue weighted by Gasteiger charge is 2.22. The molecule has 2 aromatic carbocycles. The molecular formula is C14H9Cl2NO5. The Morgan fingerprint density at radius 2 is 2.09 bits per heavy atom. The van der Waals surface area contributed by atoms with Crippen LogP contribution in [0.3, 0.4) is 0 Å². The number of nitro groups is 1. The van der Waals surface area contributed by atoms with Crippen molar-refractivity contribution in [3.63, 3.8) is 0 Å². The summed E-state index contributed by atoms with van der Waals surface area (Å²) in [6.07, 6.45) is 0. The predicted molar refractivity (Wildman–Crippen MR) is 81.0 cm³/mol. The van der Waals surface area contributed by atoms with Gasteiger partial charge < -0.3 is 9.47 Å². The molecule has 0 saturated carbocycles. The molecule has 114 valence electrons. The number of rotatable bonds is 4. The van der Waals surface area contributed by atoms with Gasteiger partial charge in [0.15, 0.2) is 0 Å². The maximum atomic E-state index is 11.6. The number of ether oxygens (including phenoxy) is 2. The van der Waals surface area contributed by atoms with Crippen molar-refractivity contribution in [2.45, 2.75) is 0 Å². The zero-order chi connectivity index (χ0) is 16.3. The monoisotopic (exact) mass is 353 g/mol. The molecule has 0 amide bonds. The third-order valence-electron chi connectivity index (χ3n) is 2.69. The van der Waals surface area contributed by atoms with Crippen molar-refractivity contribution in [3.05, 3.63) is 62.1 Å². The van der Waals surface area contributed by atoms with E-state index in [-0.39, 0.29) is 22.0 Å². The van der Waals surface area contributed by atoms with E-state index in [4.69, 9.17) is 27.9 Å². The second-order valence-corrected chi connectivity index (χ2v) is 4.95. The SMILES string of the molecule is COC(=O)[14c]1[14cH][14c](Oc2ccc(Cl)cc2Cl)[14cH][14cH][14c]1[N+](=O)[O-]. The first-order chi connectivity index (χ1) is 10.4. The van der Waals surface area contributed by atoms with Gasteiger partial charge in [-0.25, -0.2) is 4.79 Å². The number of halogens is 2. The zero-order valence-corrected chi connectivity index (χ0v) is 12.7. The van der Waals surface area contributed by atoms with E-state index in [1.54, 1.807) is 12.1 Å². The van der Waals surface area contributed by atoms with Crippen LogP contribution < -0.4 is 4.74 Å². The Hall–Kier alpha value is -2.31. The fourth-order valence-electron chi connectivity index (χ4n) is 1.70. The van der Waals surface area contributed by atoms with Gasteiger partial charge in [-0.15, -0.1) is 0 Å². The Balaban J connectivity index is 2.40. The molecule has 2 rings (SSSR count). The minimum absolute atomic E-state index is 0.204. The van der Waals surface area contributed by atoms with E-state index in [1.165, 1.54) is 18.2 Å². The van der Waals surface area contributed by atoms with E-state index in [0.717, 1.165) is 13.2 Å². The van der Waals surface area contributed by atoms with Crippen molar-refractivity contribution in [1.82, 2.24) is 0 Å². The van der Waals surface area contributed by atoms with Gasteiger partial charge in [0.05, 0.1) is 17.1 Å². The van der Waals surface area contributed by atoms with Gasteiger partial charge in [-0.3, -0.25) is 10.1 Å². The van der Waals surface area contributed by atoms with Gasteiger partial charge in [0.25, 0.3) is 5.69 Å². The molecule has 0 aliphatic heterocycles. The second kappa shape index (κ2) is 6.64. The topological polar surface area (TPSA) is 78.7 Å². The van der Waals surface area contributed by atoms with E-state index in [9.17, 15) is 14.9 Å². The van der Waals surface area contributed by atoms with Gasteiger partial charge in [-0.2, -0.15) is 0 Å². The summed E-state index contributed by atoms with van der Waals surface area (Å²) in [7, 11) is 1.13. The lowest BCUT2D eigenvalue weighted by Gasteiger charge is -2.09. The van der Waals surface area contributed by atoms with Gasteiger partial charge in [0.1, 0.15) is 17.1 Å². The molecule has 0 spiro atoms. The summed E-state index contributed by atoms with van der Waals surface area (Å²) in [5, 5.41) is 11.6. The molecule has 0 saturated heterocycles. The van der Waals surface area contributed by atoms with Crippen LogP contribution in [0.1, 0.15) is 10.4 Å². The molecule has 0 unspecified atom stereocenters. The number of hydrogen-bond acceptors (Lipinski definition) is 5. The Labute approximate surface area is 135 Å². The smallest absolute Gasteiger partial charge is 0.345 e. The van der Waals surface area contributed by atoms with Crippen LogP contribution >= 0.6 is 23.2 Å². The van der Waals surface area contributed by atoms with Crippen molar-refractivity contribution < 1.29 is 19.2 Å². The molecule has 0 heterocycles. The highest BCUT2D eigenvalue weighted by atomic mass is 35.5. The van der Waals surface area contributed by atoms with Crippen LogP contribution in [0.25, 0.3) is 0 Å². The number of esters is 1.